The van der Waals surface area contributed by atoms with Gasteiger partial charge in [0.1, 0.15) is 5.82 Å². The maximum atomic E-state index is 12.3. The largest absolute Gasteiger partial charge is 0.479 e. The molecule has 2 aromatic carbocycles. The van der Waals surface area contributed by atoms with Crippen molar-refractivity contribution in [1.29, 1.82) is 0 Å². The van der Waals surface area contributed by atoms with Crippen molar-refractivity contribution in [2.45, 2.75) is 39.4 Å². The molecule has 0 spiro atoms. The molecule has 0 aliphatic rings. The Morgan fingerprint density at radius 3 is 2.30 bits per heavy atom. The standard InChI is InChI=1S/C24H27ClN2O3/c1-14-13-18-17(11-12-19(26-18)27(5)6)21(15-7-9-16(25)10-8-15)20(14)22(23(28)29)30-24(2,3)4/h7-13,22H,1-6H3,(H,28,29)/t22-/m0/s1. The third kappa shape index (κ3) is 4.58. The summed E-state index contributed by atoms with van der Waals surface area (Å²) < 4.78 is 6.01. The highest BCUT2D eigenvalue weighted by molar-refractivity contribution is 6.30. The van der Waals surface area contributed by atoms with Gasteiger partial charge < -0.3 is 14.7 Å². The fraction of sp³-hybridized carbons (Fsp3) is 0.333. The monoisotopic (exact) mass is 426 g/mol. The maximum absolute atomic E-state index is 12.3. The van der Waals surface area contributed by atoms with Crippen molar-refractivity contribution in [3.63, 3.8) is 0 Å². The normalized spacial score (nSPS) is 12.8. The number of nitrogens with zero attached hydrogens (tertiary/aromatic N) is 2. The van der Waals surface area contributed by atoms with Gasteiger partial charge in [0.2, 0.25) is 0 Å². The first kappa shape index (κ1) is 22.1. The third-order valence-electron chi connectivity index (χ3n) is 4.78. The minimum Gasteiger partial charge on any atom is -0.479 e. The maximum Gasteiger partial charge on any atom is 0.337 e. The number of pyridine rings is 1. The van der Waals surface area contributed by atoms with Crippen LogP contribution in [-0.2, 0) is 9.53 Å². The lowest BCUT2D eigenvalue weighted by molar-refractivity contribution is -0.160. The summed E-state index contributed by atoms with van der Waals surface area (Å²) in [5, 5.41) is 11.5. The third-order valence-corrected chi connectivity index (χ3v) is 5.03. The molecule has 0 bridgehead atoms. The number of halogens is 1. The number of aryl methyl sites for hydroxylation is 1. The lowest BCUT2D eigenvalue weighted by atomic mass is 9.88. The number of aliphatic carboxylic acids is 1. The van der Waals surface area contributed by atoms with Crippen LogP contribution in [-0.4, -0.2) is 35.8 Å². The van der Waals surface area contributed by atoms with Gasteiger partial charge in [-0.15, -0.1) is 0 Å². The molecular formula is C24H27ClN2O3. The van der Waals surface area contributed by atoms with Crippen molar-refractivity contribution in [3.05, 3.63) is 58.6 Å². The Morgan fingerprint density at radius 2 is 1.77 bits per heavy atom. The van der Waals surface area contributed by atoms with Gasteiger partial charge in [-0.05, 0) is 74.7 Å². The number of rotatable bonds is 5. The van der Waals surface area contributed by atoms with Crippen molar-refractivity contribution in [2.24, 2.45) is 0 Å². The Kier molecular flexibility index (Phi) is 6.06. The zero-order valence-electron chi connectivity index (χ0n) is 18.2. The quantitative estimate of drug-likeness (QED) is 0.552. The number of benzene rings is 2. The highest BCUT2D eigenvalue weighted by Crippen LogP contribution is 2.40. The topological polar surface area (TPSA) is 62.7 Å². The molecule has 0 unspecified atom stereocenters. The summed E-state index contributed by atoms with van der Waals surface area (Å²) in [5.41, 5.74) is 3.28. The summed E-state index contributed by atoms with van der Waals surface area (Å²) in [5.74, 6) is -0.196. The number of carboxylic acids is 1. The summed E-state index contributed by atoms with van der Waals surface area (Å²) in [6, 6.07) is 13.3. The number of ether oxygens (including phenoxy) is 1. The molecule has 0 aliphatic carbocycles. The fourth-order valence-corrected chi connectivity index (χ4v) is 3.64. The number of aromatic nitrogens is 1. The molecule has 0 fully saturated rings. The van der Waals surface area contributed by atoms with Crippen LogP contribution < -0.4 is 4.90 Å². The first-order chi connectivity index (χ1) is 14.0. The zero-order chi connectivity index (χ0) is 22.2. The van der Waals surface area contributed by atoms with Crippen molar-refractivity contribution in [2.75, 3.05) is 19.0 Å². The first-order valence-electron chi connectivity index (χ1n) is 9.76. The van der Waals surface area contributed by atoms with Gasteiger partial charge in [-0.25, -0.2) is 9.78 Å². The van der Waals surface area contributed by atoms with E-state index in [2.05, 4.69) is 0 Å². The van der Waals surface area contributed by atoms with E-state index in [1.807, 2.05) is 77.0 Å². The van der Waals surface area contributed by atoms with E-state index in [1.165, 1.54) is 0 Å². The number of hydrogen-bond acceptors (Lipinski definition) is 4. The number of carboxylic acid groups (broad SMARTS) is 1. The molecule has 30 heavy (non-hydrogen) atoms. The lowest BCUT2D eigenvalue weighted by Crippen LogP contribution is -2.28. The lowest BCUT2D eigenvalue weighted by Gasteiger charge is -2.28. The van der Waals surface area contributed by atoms with Crippen LogP contribution in [0.4, 0.5) is 5.82 Å². The first-order valence-corrected chi connectivity index (χ1v) is 10.1. The van der Waals surface area contributed by atoms with Gasteiger partial charge in [0.15, 0.2) is 6.10 Å². The molecule has 0 saturated carbocycles. The van der Waals surface area contributed by atoms with E-state index in [1.54, 1.807) is 12.1 Å². The molecule has 3 aromatic rings. The predicted molar refractivity (Wildman–Crippen MR) is 122 cm³/mol. The minimum atomic E-state index is -1.12. The van der Waals surface area contributed by atoms with Gasteiger partial charge in [-0.3, -0.25) is 0 Å². The van der Waals surface area contributed by atoms with Gasteiger partial charge in [0.25, 0.3) is 0 Å². The molecule has 6 heteroatoms. The molecule has 1 heterocycles. The minimum absolute atomic E-state index is 0.617. The van der Waals surface area contributed by atoms with E-state index < -0.39 is 17.7 Å². The molecular weight excluding hydrogens is 400 g/mol. The molecule has 1 N–H and O–H groups in total. The SMILES string of the molecule is Cc1cc2nc(N(C)C)ccc2c(-c2ccc(Cl)cc2)c1[C@H](OC(C)(C)C)C(=O)O. The van der Waals surface area contributed by atoms with E-state index in [4.69, 9.17) is 21.3 Å². The van der Waals surface area contributed by atoms with Crippen molar-refractivity contribution < 1.29 is 14.6 Å². The smallest absolute Gasteiger partial charge is 0.337 e. The molecule has 0 aliphatic heterocycles. The molecule has 0 saturated heterocycles. The van der Waals surface area contributed by atoms with Crippen LogP contribution in [0.1, 0.15) is 38.0 Å². The van der Waals surface area contributed by atoms with Gasteiger partial charge in [-0.2, -0.15) is 0 Å². The van der Waals surface area contributed by atoms with Crippen LogP contribution >= 0.6 is 11.6 Å². The Morgan fingerprint density at radius 1 is 1.13 bits per heavy atom. The van der Waals surface area contributed by atoms with Crippen LogP contribution in [0.15, 0.2) is 42.5 Å². The highest BCUT2D eigenvalue weighted by atomic mass is 35.5. The van der Waals surface area contributed by atoms with Gasteiger partial charge in [0, 0.05) is 30.1 Å². The number of hydrogen-bond donors (Lipinski definition) is 1. The second-order valence-electron chi connectivity index (χ2n) is 8.57. The van der Waals surface area contributed by atoms with Crippen molar-refractivity contribution >= 4 is 34.3 Å². The van der Waals surface area contributed by atoms with Gasteiger partial charge >= 0.3 is 5.97 Å². The van der Waals surface area contributed by atoms with Crippen LogP contribution in [0.5, 0.6) is 0 Å². The van der Waals surface area contributed by atoms with E-state index in [-0.39, 0.29) is 0 Å². The molecule has 1 aromatic heterocycles. The molecule has 3 rings (SSSR count). The van der Waals surface area contributed by atoms with Crippen LogP contribution in [0.3, 0.4) is 0 Å². The van der Waals surface area contributed by atoms with E-state index >= 15 is 0 Å². The number of anilines is 1. The Hall–Kier alpha value is -2.63. The van der Waals surface area contributed by atoms with E-state index in [0.29, 0.717) is 10.6 Å². The average Bonchev–Trinajstić information content (AvgIpc) is 2.64. The van der Waals surface area contributed by atoms with Crippen molar-refractivity contribution in [1.82, 2.24) is 4.98 Å². The predicted octanol–water partition coefficient (Wildman–Crippen LogP) is 5.87. The average molecular weight is 427 g/mol. The molecule has 1 atom stereocenters. The van der Waals surface area contributed by atoms with Crippen LogP contribution in [0.2, 0.25) is 5.02 Å². The Balaban J connectivity index is 2.39. The molecule has 5 nitrogen and oxygen atoms in total. The summed E-state index contributed by atoms with van der Waals surface area (Å²) in [6.07, 6.45) is -1.12. The van der Waals surface area contributed by atoms with E-state index in [9.17, 15) is 9.90 Å². The van der Waals surface area contributed by atoms with Crippen LogP contribution in [0.25, 0.3) is 22.0 Å². The van der Waals surface area contributed by atoms with Gasteiger partial charge in [0.05, 0.1) is 11.1 Å². The second kappa shape index (κ2) is 8.25. The highest BCUT2D eigenvalue weighted by Gasteiger charge is 2.31. The summed E-state index contributed by atoms with van der Waals surface area (Å²) in [6.45, 7) is 7.46. The molecule has 0 radical (unpaired) electrons. The summed E-state index contributed by atoms with van der Waals surface area (Å²) in [7, 11) is 3.88. The van der Waals surface area contributed by atoms with E-state index in [0.717, 1.165) is 33.4 Å². The van der Waals surface area contributed by atoms with Crippen LogP contribution in [0, 0.1) is 6.92 Å². The number of carbonyl (C=O) groups is 1. The summed E-state index contributed by atoms with van der Waals surface area (Å²) >= 11 is 6.11. The summed E-state index contributed by atoms with van der Waals surface area (Å²) in [4.78, 5) is 19.0. The Bertz CT molecular complexity index is 1090. The molecule has 0 amide bonds. The second-order valence-corrected chi connectivity index (χ2v) is 9.00. The van der Waals surface area contributed by atoms with Crippen molar-refractivity contribution in [3.8, 4) is 11.1 Å². The Labute approximate surface area is 182 Å². The number of fused-ring (bicyclic) bond motifs is 1. The fourth-order valence-electron chi connectivity index (χ4n) is 3.51. The van der Waals surface area contributed by atoms with Gasteiger partial charge in [-0.1, -0.05) is 23.7 Å². The zero-order valence-corrected chi connectivity index (χ0v) is 18.9. The molecule has 158 valence electrons.